The van der Waals surface area contributed by atoms with Crippen molar-refractivity contribution in [3.8, 4) is 0 Å². The van der Waals surface area contributed by atoms with Crippen LogP contribution in [0, 0.1) is 0 Å². The molecule has 1 aliphatic heterocycles. The number of carbonyl (C=O) groups is 1. The molecule has 1 aliphatic rings. The smallest absolute Gasteiger partial charge is 0.241 e. The molecule has 1 aromatic carbocycles. The Balaban J connectivity index is 0.00000420. The average Bonchev–Trinajstić information content (AvgIpc) is 3.07. The number of aliphatic imine (C=N–C) groups is 1. The number of sulfonamides is 1. The van der Waals surface area contributed by atoms with E-state index in [1.165, 1.54) is 23.5 Å². The maximum atomic E-state index is 11.9. The third-order valence-corrected chi connectivity index (χ3v) is 6.98. The molecule has 2 rings (SSSR count). The molecule has 11 heteroatoms. The number of amides is 1. The molecule has 8 nitrogen and oxygen atoms in total. The molecule has 0 saturated carbocycles. The van der Waals surface area contributed by atoms with Crippen LogP contribution in [0.3, 0.4) is 0 Å². The molecule has 1 saturated heterocycles. The van der Waals surface area contributed by atoms with Crippen LogP contribution in [0.5, 0.6) is 0 Å². The fraction of sp³-hybridized carbons (Fsp3) is 0.556. The van der Waals surface area contributed by atoms with Gasteiger partial charge in [-0.3, -0.25) is 4.79 Å². The van der Waals surface area contributed by atoms with Crippen molar-refractivity contribution in [3.05, 3.63) is 29.8 Å². The minimum Gasteiger partial charge on any atom is -0.355 e. The monoisotopic (exact) mass is 555 g/mol. The van der Waals surface area contributed by atoms with Gasteiger partial charge in [0.05, 0.1) is 18.0 Å². The second-order valence-electron chi connectivity index (χ2n) is 7.25. The molecule has 0 radical (unpaired) electrons. The summed E-state index contributed by atoms with van der Waals surface area (Å²) in [5.41, 5.74) is 0.842. The fourth-order valence-electron chi connectivity index (χ4n) is 2.69. The number of guanidine groups is 1. The summed E-state index contributed by atoms with van der Waals surface area (Å²) >= 11 is 1.95. The Morgan fingerprint density at radius 3 is 2.45 bits per heavy atom. The molecule has 1 fully saturated rings. The lowest BCUT2D eigenvalue weighted by atomic mass is 10.1. The predicted molar refractivity (Wildman–Crippen MR) is 129 cm³/mol. The Kier molecular flexibility index (Phi) is 10.2. The first-order valence-corrected chi connectivity index (χ1v) is 11.6. The van der Waals surface area contributed by atoms with Gasteiger partial charge in [-0.15, -0.1) is 24.0 Å². The van der Waals surface area contributed by atoms with Crippen LogP contribution in [0.4, 0.5) is 0 Å². The number of halogens is 1. The number of likely N-dealkylation sites (N-methyl/N-ethyl adjacent to an activating group) is 1. The Labute approximate surface area is 194 Å². The molecule has 1 heterocycles. The normalized spacial score (nSPS) is 19.4. The van der Waals surface area contributed by atoms with Gasteiger partial charge in [0, 0.05) is 25.4 Å². The first-order chi connectivity index (χ1) is 13.1. The van der Waals surface area contributed by atoms with E-state index in [4.69, 9.17) is 5.14 Å². The van der Waals surface area contributed by atoms with Gasteiger partial charge in [0.1, 0.15) is 0 Å². The number of carbonyl (C=O) groups excluding carboxylic acids is 1. The van der Waals surface area contributed by atoms with Gasteiger partial charge in [-0.05, 0) is 43.2 Å². The van der Waals surface area contributed by atoms with Crippen LogP contribution in [0.2, 0.25) is 0 Å². The summed E-state index contributed by atoms with van der Waals surface area (Å²) < 4.78 is 22.9. The summed E-state index contributed by atoms with van der Waals surface area (Å²) in [5.74, 6) is 1.67. The molecule has 1 unspecified atom stereocenters. The van der Waals surface area contributed by atoms with Crippen LogP contribution in [-0.2, 0) is 21.4 Å². The minimum absolute atomic E-state index is 0. The molecule has 0 spiro atoms. The number of nitrogens with one attached hydrogen (secondary N) is 2. The van der Waals surface area contributed by atoms with Gasteiger partial charge in [-0.25, -0.2) is 18.5 Å². The minimum atomic E-state index is -3.71. The van der Waals surface area contributed by atoms with E-state index in [1.54, 1.807) is 26.2 Å². The van der Waals surface area contributed by atoms with Crippen LogP contribution in [-0.4, -0.2) is 62.9 Å². The lowest BCUT2D eigenvalue weighted by Gasteiger charge is -2.24. The van der Waals surface area contributed by atoms with Crippen LogP contribution >= 0.6 is 35.7 Å². The van der Waals surface area contributed by atoms with Crippen molar-refractivity contribution in [1.82, 2.24) is 15.5 Å². The van der Waals surface area contributed by atoms with Crippen molar-refractivity contribution >= 4 is 57.6 Å². The number of hydrogen-bond acceptors (Lipinski definition) is 5. The van der Waals surface area contributed by atoms with Gasteiger partial charge in [0.25, 0.3) is 0 Å². The summed E-state index contributed by atoms with van der Waals surface area (Å²) in [4.78, 5) is 18.0. The third-order valence-electron chi connectivity index (χ3n) is 4.51. The van der Waals surface area contributed by atoms with Gasteiger partial charge < -0.3 is 15.5 Å². The average molecular weight is 556 g/mol. The summed E-state index contributed by atoms with van der Waals surface area (Å²) in [7, 11) is -0.295. The van der Waals surface area contributed by atoms with E-state index in [0.29, 0.717) is 12.5 Å². The van der Waals surface area contributed by atoms with Crippen molar-refractivity contribution in [1.29, 1.82) is 0 Å². The molecule has 0 aromatic heterocycles. The van der Waals surface area contributed by atoms with Crippen molar-refractivity contribution in [2.45, 2.75) is 36.0 Å². The summed E-state index contributed by atoms with van der Waals surface area (Å²) in [6.07, 6.45) is 2.35. The molecular formula is C18H30IN5O3S2. The Morgan fingerprint density at radius 2 is 1.93 bits per heavy atom. The standard InChI is InChI=1S/C18H29N5O3S2.HI/c1-18(9-4-10-27-18)13-22-17(21-12-16(24)23(2)3)20-11-14-5-7-15(8-6-14)28(19,25)26;/h5-8H,4,9-13H2,1-3H3,(H2,19,25,26)(H2,20,21,22);1H. The van der Waals surface area contributed by atoms with Crippen molar-refractivity contribution in [2.24, 2.45) is 10.1 Å². The molecule has 0 aliphatic carbocycles. The SMILES string of the molecule is CN(C)C(=O)CNC(=NCc1ccc(S(N)(=O)=O)cc1)NCC1(C)CCCS1.I. The number of thioether (sulfide) groups is 1. The second kappa shape index (κ2) is 11.4. The van der Waals surface area contributed by atoms with E-state index in [2.05, 4.69) is 22.5 Å². The predicted octanol–water partition coefficient (Wildman–Crippen LogP) is 1.36. The summed E-state index contributed by atoms with van der Waals surface area (Å²) in [5, 5.41) is 11.5. The van der Waals surface area contributed by atoms with Gasteiger partial charge >= 0.3 is 0 Å². The summed E-state index contributed by atoms with van der Waals surface area (Å²) in [6, 6.07) is 6.29. The number of primary sulfonamides is 1. The molecule has 164 valence electrons. The first kappa shape index (κ1) is 26.0. The van der Waals surface area contributed by atoms with Gasteiger partial charge in [-0.2, -0.15) is 11.8 Å². The molecule has 1 aromatic rings. The highest BCUT2D eigenvalue weighted by Gasteiger charge is 2.29. The fourth-order valence-corrected chi connectivity index (χ4v) is 4.45. The number of hydrogen-bond donors (Lipinski definition) is 3. The van der Waals surface area contributed by atoms with E-state index >= 15 is 0 Å². The zero-order valence-corrected chi connectivity index (χ0v) is 20.9. The van der Waals surface area contributed by atoms with E-state index < -0.39 is 10.0 Å². The van der Waals surface area contributed by atoms with Crippen LogP contribution in [0.15, 0.2) is 34.2 Å². The van der Waals surface area contributed by atoms with E-state index in [0.717, 1.165) is 24.3 Å². The number of benzene rings is 1. The maximum absolute atomic E-state index is 11.9. The quantitative estimate of drug-likeness (QED) is 0.266. The zero-order chi connectivity index (χ0) is 20.8. The largest absolute Gasteiger partial charge is 0.355 e. The van der Waals surface area contributed by atoms with Gasteiger partial charge in [0.15, 0.2) is 5.96 Å². The van der Waals surface area contributed by atoms with Crippen LogP contribution in [0.1, 0.15) is 25.3 Å². The highest BCUT2D eigenvalue weighted by atomic mass is 127. The molecule has 29 heavy (non-hydrogen) atoms. The highest BCUT2D eigenvalue weighted by molar-refractivity contribution is 14.0. The molecule has 1 atom stereocenters. The first-order valence-electron chi connectivity index (χ1n) is 9.07. The van der Waals surface area contributed by atoms with Crippen LogP contribution < -0.4 is 15.8 Å². The number of rotatable bonds is 7. The molecule has 4 N–H and O–H groups in total. The highest BCUT2D eigenvalue weighted by Crippen LogP contribution is 2.36. The van der Waals surface area contributed by atoms with Crippen molar-refractivity contribution < 1.29 is 13.2 Å². The molecule has 0 bridgehead atoms. The summed E-state index contributed by atoms with van der Waals surface area (Å²) in [6.45, 7) is 3.48. The lowest BCUT2D eigenvalue weighted by molar-refractivity contribution is -0.127. The number of nitrogens with two attached hydrogens (primary N) is 1. The zero-order valence-electron chi connectivity index (χ0n) is 17.0. The number of nitrogens with zero attached hydrogens (tertiary/aromatic N) is 2. The Morgan fingerprint density at radius 1 is 1.28 bits per heavy atom. The van der Waals surface area contributed by atoms with E-state index in [1.807, 2.05) is 11.8 Å². The van der Waals surface area contributed by atoms with Gasteiger partial charge in [-0.1, -0.05) is 12.1 Å². The van der Waals surface area contributed by atoms with Crippen LogP contribution in [0.25, 0.3) is 0 Å². The Bertz CT molecular complexity index is 807. The molecule has 1 amide bonds. The van der Waals surface area contributed by atoms with Crippen molar-refractivity contribution in [2.75, 3.05) is 32.9 Å². The maximum Gasteiger partial charge on any atom is 0.241 e. The lowest BCUT2D eigenvalue weighted by Crippen LogP contribution is -2.46. The van der Waals surface area contributed by atoms with E-state index in [-0.39, 0.29) is 46.1 Å². The van der Waals surface area contributed by atoms with E-state index in [9.17, 15) is 13.2 Å². The van der Waals surface area contributed by atoms with Crippen molar-refractivity contribution in [3.63, 3.8) is 0 Å². The molecular weight excluding hydrogens is 525 g/mol. The second-order valence-corrected chi connectivity index (χ2v) is 10.5. The third kappa shape index (κ3) is 8.69. The Hall–Kier alpha value is -1.05. The van der Waals surface area contributed by atoms with Gasteiger partial charge in [0.2, 0.25) is 15.9 Å². The topological polar surface area (TPSA) is 117 Å².